The number of thioether (sulfide) groups is 1. The van der Waals surface area contributed by atoms with Crippen LogP contribution in [0.5, 0.6) is 0 Å². The lowest BCUT2D eigenvalue weighted by molar-refractivity contribution is -0.117. The molecule has 0 aliphatic heterocycles. The van der Waals surface area contributed by atoms with Gasteiger partial charge in [0.1, 0.15) is 11.1 Å². The van der Waals surface area contributed by atoms with Crippen molar-refractivity contribution in [1.82, 2.24) is 15.6 Å². The van der Waals surface area contributed by atoms with Crippen LogP contribution in [0.1, 0.15) is 37.6 Å². The monoisotopic (exact) mass is 320 g/mol. The zero-order chi connectivity index (χ0) is 16.9. The summed E-state index contributed by atoms with van der Waals surface area (Å²) >= 11 is 1.14. The number of amides is 3. The first-order valence-corrected chi connectivity index (χ1v) is 7.74. The van der Waals surface area contributed by atoms with E-state index in [4.69, 9.17) is 5.26 Å². The second-order valence-corrected chi connectivity index (χ2v) is 6.88. The molecule has 1 aromatic heterocycles. The Labute approximate surface area is 134 Å². The zero-order valence-electron chi connectivity index (χ0n) is 13.4. The molecule has 0 aliphatic rings. The molecule has 7 heteroatoms. The van der Waals surface area contributed by atoms with E-state index in [2.05, 4.69) is 21.7 Å². The third-order valence-corrected chi connectivity index (χ3v) is 3.48. The van der Waals surface area contributed by atoms with Gasteiger partial charge in [-0.15, -0.1) is 0 Å². The van der Waals surface area contributed by atoms with Gasteiger partial charge in [0.2, 0.25) is 5.91 Å². The molecule has 22 heavy (non-hydrogen) atoms. The summed E-state index contributed by atoms with van der Waals surface area (Å²) in [6.07, 6.45) is 0. The van der Waals surface area contributed by atoms with Crippen molar-refractivity contribution in [3.05, 3.63) is 22.9 Å². The van der Waals surface area contributed by atoms with E-state index in [9.17, 15) is 9.59 Å². The number of urea groups is 1. The Balaban J connectivity index is 2.66. The van der Waals surface area contributed by atoms with E-state index in [1.165, 1.54) is 0 Å². The summed E-state index contributed by atoms with van der Waals surface area (Å²) in [6.45, 7) is 9.13. The molecule has 2 N–H and O–H groups in total. The lowest BCUT2D eigenvalue weighted by atomic mass is 10.1. The molecule has 1 aromatic rings. The molecule has 3 amide bonds. The molecule has 0 fully saturated rings. The van der Waals surface area contributed by atoms with Crippen LogP contribution < -0.4 is 10.6 Å². The number of hydrogen-bond acceptors (Lipinski definition) is 5. The molecule has 1 heterocycles. The molecule has 118 valence electrons. The molecule has 0 radical (unpaired) electrons. The average Bonchev–Trinajstić information content (AvgIpc) is 2.33. The van der Waals surface area contributed by atoms with Gasteiger partial charge in [-0.1, -0.05) is 11.8 Å². The van der Waals surface area contributed by atoms with E-state index >= 15 is 0 Å². The Kier molecular flexibility index (Phi) is 5.94. The second-order valence-electron chi connectivity index (χ2n) is 5.91. The lowest BCUT2D eigenvalue weighted by Gasteiger charge is -2.20. The quantitative estimate of drug-likeness (QED) is 0.833. The van der Waals surface area contributed by atoms with Crippen LogP contribution in [0.2, 0.25) is 0 Å². The highest BCUT2D eigenvalue weighted by atomic mass is 32.2. The van der Waals surface area contributed by atoms with Crippen molar-refractivity contribution in [1.29, 1.82) is 5.26 Å². The summed E-state index contributed by atoms with van der Waals surface area (Å²) in [5.41, 5.74) is 1.65. The van der Waals surface area contributed by atoms with Crippen LogP contribution in [0.15, 0.2) is 11.1 Å². The number of aryl methyl sites for hydroxylation is 2. The number of aromatic nitrogens is 1. The van der Waals surface area contributed by atoms with E-state index < -0.39 is 17.5 Å². The first kappa shape index (κ1) is 18.0. The molecular formula is C15H20N4O2S. The number of rotatable bonds is 3. The molecule has 6 nitrogen and oxygen atoms in total. The first-order valence-electron chi connectivity index (χ1n) is 6.75. The SMILES string of the molecule is Cc1cc(C)c(C#N)c(SCC(=O)NC(=O)NC(C)(C)C)n1. The predicted molar refractivity (Wildman–Crippen MR) is 85.6 cm³/mol. The number of imide groups is 1. The molecule has 0 saturated carbocycles. The summed E-state index contributed by atoms with van der Waals surface area (Å²) in [5, 5.41) is 14.6. The fourth-order valence-electron chi connectivity index (χ4n) is 1.71. The summed E-state index contributed by atoms with van der Waals surface area (Å²) in [5.74, 6) is -0.418. The van der Waals surface area contributed by atoms with E-state index in [1.54, 1.807) is 0 Å². The molecule has 0 saturated heterocycles. The minimum Gasteiger partial charge on any atom is -0.333 e. The molecule has 0 unspecified atom stereocenters. The molecule has 1 rings (SSSR count). The Hall–Kier alpha value is -2.07. The van der Waals surface area contributed by atoms with Gasteiger partial charge >= 0.3 is 6.03 Å². The van der Waals surface area contributed by atoms with Crippen molar-refractivity contribution in [2.45, 2.75) is 45.2 Å². The summed E-state index contributed by atoms with van der Waals surface area (Å²) in [6, 6.07) is 3.38. The number of hydrogen-bond donors (Lipinski definition) is 2. The number of carbonyl (C=O) groups excluding carboxylic acids is 2. The summed E-state index contributed by atoms with van der Waals surface area (Å²) in [7, 11) is 0. The normalized spacial score (nSPS) is 10.7. The van der Waals surface area contributed by atoms with E-state index in [0.29, 0.717) is 10.6 Å². The van der Waals surface area contributed by atoms with Crippen molar-refractivity contribution in [3.8, 4) is 6.07 Å². The third kappa shape index (κ3) is 5.74. The topological polar surface area (TPSA) is 94.9 Å². The van der Waals surface area contributed by atoms with E-state index in [0.717, 1.165) is 23.0 Å². The molecule has 0 aliphatic carbocycles. The molecule has 0 spiro atoms. The Morgan fingerprint density at radius 1 is 1.36 bits per heavy atom. The van der Waals surface area contributed by atoms with Crippen LogP contribution in [-0.4, -0.2) is 28.2 Å². The van der Waals surface area contributed by atoms with Gasteiger partial charge in [0, 0.05) is 11.2 Å². The molecular weight excluding hydrogens is 300 g/mol. The van der Waals surface area contributed by atoms with Gasteiger partial charge < -0.3 is 5.32 Å². The lowest BCUT2D eigenvalue weighted by Crippen LogP contribution is -2.48. The molecule has 0 atom stereocenters. The predicted octanol–water partition coefficient (Wildman–Crippen LogP) is 2.29. The number of carbonyl (C=O) groups is 2. The number of nitriles is 1. The van der Waals surface area contributed by atoms with Crippen molar-refractivity contribution in [3.63, 3.8) is 0 Å². The smallest absolute Gasteiger partial charge is 0.321 e. The Morgan fingerprint density at radius 2 is 2.00 bits per heavy atom. The van der Waals surface area contributed by atoms with Gasteiger partial charge in [-0.2, -0.15) is 5.26 Å². The minimum absolute atomic E-state index is 0.0160. The summed E-state index contributed by atoms with van der Waals surface area (Å²) in [4.78, 5) is 27.6. The van der Waals surface area contributed by atoms with Crippen LogP contribution in [0.25, 0.3) is 0 Å². The largest absolute Gasteiger partial charge is 0.333 e. The van der Waals surface area contributed by atoms with Gasteiger partial charge in [-0.05, 0) is 46.2 Å². The van der Waals surface area contributed by atoms with Crippen molar-refractivity contribution < 1.29 is 9.59 Å². The summed E-state index contributed by atoms with van der Waals surface area (Å²) < 4.78 is 0. The maximum Gasteiger partial charge on any atom is 0.321 e. The average molecular weight is 320 g/mol. The van der Waals surface area contributed by atoms with Crippen LogP contribution in [0, 0.1) is 25.2 Å². The van der Waals surface area contributed by atoms with Crippen LogP contribution in [-0.2, 0) is 4.79 Å². The number of nitrogens with one attached hydrogen (secondary N) is 2. The fourth-order valence-corrected chi connectivity index (χ4v) is 2.61. The van der Waals surface area contributed by atoms with E-state index in [1.807, 2.05) is 40.7 Å². The minimum atomic E-state index is -0.535. The number of nitrogens with zero attached hydrogens (tertiary/aromatic N) is 2. The third-order valence-electron chi connectivity index (χ3n) is 2.50. The highest BCUT2D eigenvalue weighted by Gasteiger charge is 2.17. The van der Waals surface area contributed by atoms with Crippen molar-refractivity contribution in [2.75, 3.05) is 5.75 Å². The van der Waals surface area contributed by atoms with Crippen LogP contribution in [0.4, 0.5) is 4.79 Å². The van der Waals surface area contributed by atoms with Crippen molar-refractivity contribution in [2.24, 2.45) is 0 Å². The van der Waals surface area contributed by atoms with Gasteiger partial charge in [0.15, 0.2) is 0 Å². The van der Waals surface area contributed by atoms with Crippen LogP contribution in [0.3, 0.4) is 0 Å². The maximum absolute atomic E-state index is 11.8. The van der Waals surface area contributed by atoms with E-state index in [-0.39, 0.29) is 5.75 Å². The fraction of sp³-hybridized carbons (Fsp3) is 0.467. The zero-order valence-corrected chi connectivity index (χ0v) is 14.2. The van der Waals surface area contributed by atoms with Gasteiger partial charge in [-0.25, -0.2) is 9.78 Å². The highest BCUT2D eigenvalue weighted by molar-refractivity contribution is 8.00. The van der Waals surface area contributed by atoms with Gasteiger partial charge in [0.25, 0.3) is 0 Å². The second kappa shape index (κ2) is 7.27. The maximum atomic E-state index is 11.8. The Morgan fingerprint density at radius 3 is 2.55 bits per heavy atom. The van der Waals surface area contributed by atoms with Gasteiger partial charge in [0.05, 0.1) is 11.3 Å². The molecule has 0 bridgehead atoms. The highest BCUT2D eigenvalue weighted by Crippen LogP contribution is 2.23. The van der Waals surface area contributed by atoms with Crippen LogP contribution >= 0.6 is 11.8 Å². The number of pyridine rings is 1. The van der Waals surface area contributed by atoms with Gasteiger partial charge in [-0.3, -0.25) is 10.1 Å². The van der Waals surface area contributed by atoms with Crippen molar-refractivity contribution >= 4 is 23.7 Å². The Bertz CT molecular complexity index is 630. The standard InChI is InChI=1S/C15H20N4O2S/c1-9-6-10(2)17-13(11(9)7-16)22-8-12(20)18-14(21)19-15(3,4)5/h6H,8H2,1-5H3,(H2,18,19,20,21). The molecule has 0 aromatic carbocycles. The first-order chi connectivity index (χ1) is 10.1.